The minimum Gasteiger partial charge on any atom is -0.456 e. The number of aromatic nitrogens is 4. The van der Waals surface area contributed by atoms with E-state index in [4.69, 9.17) is 19.4 Å². The molecule has 0 spiro atoms. The van der Waals surface area contributed by atoms with Gasteiger partial charge in [-0.2, -0.15) is 9.97 Å². The summed E-state index contributed by atoms with van der Waals surface area (Å²) in [7, 11) is 0. The summed E-state index contributed by atoms with van der Waals surface area (Å²) in [5, 5.41) is 4.32. The number of benzene rings is 6. The lowest BCUT2D eigenvalue weighted by Gasteiger charge is -2.12. The molecule has 0 atom stereocenters. The van der Waals surface area contributed by atoms with Gasteiger partial charge in [-0.1, -0.05) is 121 Å². The van der Waals surface area contributed by atoms with Gasteiger partial charge in [0, 0.05) is 32.7 Å². The quantitative estimate of drug-likeness (QED) is 0.213. The van der Waals surface area contributed by atoms with Gasteiger partial charge in [0.2, 0.25) is 5.95 Å². The van der Waals surface area contributed by atoms with Gasteiger partial charge in [0.25, 0.3) is 0 Å². The lowest BCUT2D eigenvalue weighted by Crippen LogP contribution is -2.06. The fraction of sp³-hybridized carbons (Fsp3) is 0. The second kappa shape index (κ2) is 9.75. The van der Waals surface area contributed by atoms with E-state index in [1.807, 2.05) is 66.7 Å². The first kappa shape index (κ1) is 24.5. The van der Waals surface area contributed by atoms with Gasteiger partial charge in [-0.25, -0.2) is 4.98 Å². The molecule has 3 heterocycles. The average molecular weight is 565 g/mol. The third-order valence-corrected chi connectivity index (χ3v) is 8.28. The summed E-state index contributed by atoms with van der Waals surface area (Å²) in [5.74, 6) is 1.77. The molecule has 0 amide bonds. The third-order valence-electron chi connectivity index (χ3n) is 8.28. The number of fused-ring (bicyclic) bond motifs is 6. The highest BCUT2D eigenvalue weighted by atomic mass is 16.3. The molecule has 206 valence electrons. The fourth-order valence-electron chi connectivity index (χ4n) is 6.26. The summed E-state index contributed by atoms with van der Waals surface area (Å²) in [5.41, 5.74) is 7.83. The van der Waals surface area contributed by atoms with E-state index in [2.05, 4.69) is 83.4 Å². The van der Waals surface area contributed by atoms with Crippen LogP contribution in [0.3, 0.4) is 0 Å². The van der Waals surface area contributed by atoms with Crippen LogP contribution in [0.2, 0.25) is 0 Å². The highest BCUT2D eigenvalue weighted by molar-refractivity contribution is 6.12. The molecular formula is C39H24N4O. The molecule has 0 saturated heterocycles. The highest BCUT2D eigenvalue weighted by Gasteiger charge is 2.20. The third kappa shape index (κ3) is 3.83. The molecule has 6 aromatic carbocycles. The normalized spacial score (nSPS) is 11.6. The van der Waals surface area contributed by atoms with Crippen molar-refractivity contribution >= 4 is 43.7 Å². The maximum Gasteiger partial charge on any atom is 0.238 e. The highest BCUT2D eigenvalue weighted by Crippen LogP contribution is 2.38. The molecule has 0 aliphatic rings. The van der Waals surface area contributed by atoms with Gasteiger partial charge in [-0.05, 0) is 35.4 Å². The van der Waals surface area contributed by atoms with Gasteiger partial charge in [0.1, 0.15) is 11.2 Å². The molecule has 5 heteroatoms. The Bertz CT molecular complexity index is 2490. The largest absolute Gasteiger partial charge is 0.456 e. The van der Waals surface area contributed by atoms with Crippen molar-refractivity contribution in [2.75, 3.05) is 0 Å². The van der Waals surface area contributed by atoms with Crippen molar-refractivity contribution in [2.45, 2.75) is 0 Å². The Hall–Kier alpha value is -6.07. The number of furan rings is 1. The predicted molar refractivity (Wildman–Crippen MR) is 178 cm³/mol. The maximum absolute atomic E-state index is 6.23. The second-order valence-corrected chi connectivity index (χ2v) is 10.9. The van der Waals surface area contributed by atoms with Crippen LogP contribution in [0, 0.1) is 0 Å². The zero-order valence-electron chi connectivity index (χ0n) is 23.6. The molecule has 9 aromatic rings. The minimum absolute atomic E-state index is 0.565. The molecule has 0 radical (unpaired) electrons. The summed E-state index contributed by atoms with van der Waals surface area (Å²) < 4.78 is 8.40. The fourth-order valence-corrected chi connectivity index (χ4v) is 6.26. The molecular weight excluding hydrogens is 540 g/mol. The number of hydrogen-bond acceptors (Lipinski definition) is 4. The van der Waals surface area contributed by atoms with Crippen LogP contribution in [0.4, 0.5) is 0 Å². The first-order chi connectivity index (χ1) is 21.8. The predicted octanol–water partition coefficient (Wildman–Crippen LogP) is 9.87. The van der Waals surface area contributed by atoms with Gasteiger partial charge in [-0.15, -0.1) is 0 Å². The van der Waals surface area contributed by atoms with Crippen molar-refractivity contribution < 1.29 is 4.42 Å². The standard InChI is InChI=1S/C39H24N4O/c1-3-12-25(13-4-1)27-22-23-29-28-16-7-9-19-32(28)43(33(29)24-27)39-41-37(26-14-5-2-6-15-26)40-38(42-39)31-18-11-21-35-36(31)30-17-8-10-20-34(30)44-35/h1-24H. The van der Waals surface area contributed by atoms with E-state index in [0.717, 1.165) is 66.0 Å². The van der Waals surface area contributed by atoms with Crippen LogP contribution in [-0.4, -0.2) is 19.5 Å². The van der Waals surface area contributed by atoms with Crippen LogP contribution in [0.15, 0.2) is 150 Å². The van der Waals surface area contributed by atoms with E-state index < -0.39 is 0 Å². The Labute approximate surface area is 252 Å². The molecule has 0 unspecified atom stereocenters. The van der Waals surface area contributed by atoms with Crippen LogP contribution in [0.5, 0.6) is 0 Å². The van der Waals surface area contributed by atoms with Gasteiger partial charge in [0.15, 0.2) is 11.6 Å². The first-order valence-corrected chi connectivity index (χ1v) is 14.6. The molecule has 3 aromatic heterocycles. The molecule has 0 saturated carbocycles. The Morgan fingerprint density at radius 3 is 1.93 bits per heavy atom. The van der Waals surface area contributed by atoms with Crippen molar-refractivity contribution in [3.05, 3.63) is 146 Å². The summed E-state index contributed by atoms with van der Waals surface area (Å²) in [6.07, 6.45) is 0. The Balaban J connectivity index is 1.37. The van der Waals surface area contributed by atoms with Crippen molar-refractivity contribution in [1.29, 1.82) is 0 Å². The molecule has 44 heavy (non-hydrogen) atoms. The summed E-state index contributed by atoms with van der Waals surface area (Å²) >= 11 is 0. The number of hydrogen-bond donors (Lipinski definition) is 0. The van der Waals surface area contributed by atoms with E-state index >= 15 is 0 Å². The molecule has 0 bridgehead atoms. The lowest BCUT2D eigenvalue weighted by molar-refractivity contribution is 0.669. The van der Waals surface area contributed by atoms with Crippen LogP contribution in [-0.2, 0) is 0 Å². The summed E-state index contributed by atoms with van der Waals surface area (Å²) in [6, 6.07) is 49.8. The summed E-state index contributed by atoms with van der Waals surface area (Å²) in [4.78, 5) is 15.4. The second-order valence-electron chi connectivity index (χ2n) is 10.9. The number of para-hydroxylation sites is 2. The lowest BCUT2D eigenvalue weighted by atomic mass is 10.0. The van der Waals surface area contributed by atoms with Gasteiger partial charge in [0.05, 0.1) is 11.0 Å². The smallest absolute Gasteiger partial charge is 0.238 e. The SMILES string of the molecule is c1ccc(-c2ccc3c4ccccc4n(-c4nc(-c5ccccc5)nc(-c5cccc6oc7ccccc7c56)n4)c3c2)cc1. The average Bonchev–Trinajstić information content (AvgIpc) is 3.64. The van der Waals surface area contributed by atoms with Gasteiger partial charge < -0.3 is 4.42 Å². The monoisotopic (exact) mass is 564 g/mol. The topological polar surface area (TPSA) is 56.7 Å². The van der Waals surface area contributed by atoms with Crippen LogP contribution >= 0.6 is 0 Å². The van der Waals surface area contributed by atoms with Crippen molar-refractivity contribution in [3.8, 4) is 39.9 Å². The Morgan fingerprint density at radius 1 is 0.432 bits per heavy atom. The van der Waals surface area contributed by atoms with Crippen LogP contribution < -0.4 is 0 Å². The van der Waals surface area contributed by atoms with Gasteiger partial charge in [-0.3, -0.25) is 4.57 Å². The van der Waals surface area contributed by atoms with E-state index in [1.54, 1.807) is 0 Å². The van der Waals surface area contributed by atoms with E-state index in [9.17, 15) is 0 Å². The molecule has 0 aliphatic carbocycles. The minimum atomic E-state index is 0.565. The zero-order chi connectivity index (χ0) is 29.0. The van der Waals surface area contributed by atoms with Gasteiger partial charge >= 0.3 is 0 Å². The molecule has 0 N–H and O–H groups in total. The molecule has 5 nitrogen and oxygen atoms in total. The van der Waals surface area contributed by atoms with Crippen molar-refractivity contribution in [1.82, 2.24) is 19.5 Å². The first-order valence-electron chi connectivity index (χ1n) is 14.6. The van der Waals surface area contributed by atoms with E-state index in [0.29, 0.717) is 17.6 Å². The molecule has 9 rings (SSSR count). The van der Waals surface area contributed by atoms with E-state index in [1.165, 1.54) is 0 Å². The van der Waals surface area contributed by atoms with Crippen LogP contribution in [0.1, 0.15) is 0 Å². The number of rotatable bonds is 4. The Kier molecular flexibility index (Phi) is 5.43. The molecule has 0 fully saturated rings. The molecule has 0 aliphatic heterocycles. The summed E-state index contributed by atoms with van der Waals surface area (Å²) in [6.45, 7) is 0. The zero-order valence-corrected chi connectivity index (χ0v) is 23.6. The van der Waals surface area contributed by atoms with Crippen molar-refractivity contribution in [3.63, 3.8) is 0 Å². The number of nitrogens with zero attached hydrogens (tertiary/aromatic N) is 4. The maximum atomic E-state index is 6.23. The Morgan fingerprint density at radius 2 is 1.09 bits per heavy atom. The van der Waals surface area contributed by atoms with Crippen LogP contribution in [0.25, 0.3) is 83.6 Å². The van der Waals surface area contributed by atoms with Crippen molar-refractivity contribution in [2.24, 2.45) is 0 Å². The van der Waals surface area contributed by atoms with E-state index in [-0.39, 0.29) is 0 Å².